The number of nitrogens with one attached hydrogen (secondary N) is 1. The van der Waals surface area contributed by atoms with Gasteiger partial charge < -0.3 is 5.32 Å². The lowest BCUT2D eigenvalue weighted by atomic mass is 10.1. The van der Waals surface area contributed by atoms with E-state index in [0.717, 1.165) is 12.1 Å². The fourth-order valence-corrected chi connectivity index (χ4v) is 4.10. The quantitative estimate of drug-likeness (QED) is 0.928. The standard InChI is InChI=1S/C14H21NO2S2/c1-11-14(4-3-9-18-11)15-10-12-5-7-13(8-6-12)19(2,16)17/h5-8,11,14-15H,3-4,9-10H2,1-2H3. The molecule has 2 atom stereocenters. The van der Waals surface area contributed by atoms with Crippen LogP contribution in [0.15, 0.2) is 29.2 Å². The zero-order chi connectivity index (χ0) is 13.9. The fourth-order valence-electron chi connectivity index (χ4n) is 2.29. The Bertz CT molecular complexity index is 511. The Morgan fingerprint density at radius 1 is 1.32 bits per heavy atom. The number of hydrogen-bond donors (Lipinski definition) is 1. The fraction of sp³-hybridized carbons (Fsp3) is 0.571. The maximum Gasteiger partial charge on any atom is 0.175 e. The maximum absolute atomic E-state index is 11.4. The molecule has 0 spiro atoms. The van der Waals surface area contributed by atoms with Gasteiger partial charge in [0.05, 0.1) is 4.90 Å². The van der Waals surface area contributed by atoms with Crippen molar-refractivity contribution in [1.82, 2.24) is 5.32 Å². The molecule has 2 rings (SSSR count). The van der Waals surface area contributed by atoms with Crippen LogP contribution in [-0.4, -0.2) is 31.7 Å². The molecular formula is C14H21NO2S2. The summed E-state index contributed by atoms with van der Waals surface area (Å²) < 4.78 is 22.7. The van der Waals surface area contributed by atoms with Crippen LogP contribution in [-0.2, 0) is 16.4 Å². The van der Waals surface area contributed by atoms with E-state index >= 15 is 0 Å². The topological polar surface area (TPSA) is 46.2 Å². The van der Waals surface area contributed by atoms with Gasteiger partial charge in [-0.05, 0) is 36.3 Å². The molecule has 1 aromatic carbocycles. The van der Waals surface area contributed by atoms with Gasteiger partial charge >= 0.3 is 0 Å². The van der Waals surface area contributed by atoms with Crippen molar-refractivity contribution in [3.8, 4) is 0 Å². The third-order valence-corrected chi connectivity index (χ3v) is 6.03. The van der Waals surface area contributed by atoms with Crippen LogP contribution in [0.4, 0.5) is 0 Å². The second-order valence-corrected chi connectivity index (χ2v) is 8.62. The molecule has 1 aliphatic heterocycles. The SMILES string of the molecule is CC1SCCCC1NCc1ccc(S(C)(=O)=O)cc1. The average molecular weight is 299 g/mol. The molecule has 0 aliphatic carbocycles. The highest BCUT2D eigenvalue weighted by molar-refractivity contribution is 7.99. The van der Waals surface area contributed by atoms with Crippen molar-refractivity contribution in [3.63, 3.8) is 0 Å². The van der Waals surface area contributed by atoms with E-state index in [0.29, 0.717) is 16.2 Å². The lowest BCUT2D eigenvalue weighted by Crippen LogP contribution is -2.38. The molecule has 0 amide bonds. The minimum atomic E-state index is -3.09. The van der Waals surface area contributed by atoms with Gasteiger partial charge in [0.15, 0.2) is 9.84 Å². The van der Waals surface area contributed by atoms with Crippen molar-refractivity contribution in [2.45, 2.75) is 42.5 Å². The summed E-state index contributed by atoms with van der Waals surface area (Å²) in [7, 11) is -3.09. The number of rotatable bonds is 4. The first-order chi connectivity index (χ1) is 8.97. The Morgan fingerprint density at radius 2 is 2.00 bits per heavy atom. The number of sulfone groups is 1. The van der Waals surface area contributed by atoms with Gasteiger partial charge in [0.1, 0.15) is 0 Å². The summed E-state index contributed by atoms with van der Waals surface area (Å²) in [4.78, 5) is 0.387. The summed E-state index contributed by atoms with van der Waals surface area (Å²) in [6, 6.07) is 7.72. The highest BCUT2D eigenvalue weighted by Crippen LogP contribution is 2.25. The lowest BCUT2D eigenvalue weighted by molar-refractivity contribution is 0.462. The first-order valence-electron chi connectivity index (χ1n) is 6.61. The first-order valence-corrected chi connectivity index (χ1v) is 9.55. The third kappa shape index (κ3) is 4.23. The Morgan fingerprint density at radius 3 is 2.58 bits per heavy atom. The van der Waals surface area contributed by atoms with Gasteiger partial charge in [-0.15, -0.1) is 0 Å². The van der Waals surface area contributed by atoms with E-state index < -0.39 is 9.84 Å². The monoisotopic (exact) mass is 299 g/mol. The Labute approximate surface area is 120 Å². The van der Waals surface area contributed by atoms with Gasteiger partial charge in [-0.3, -0.25) is 0 Å². The van der Waals surface area contributed by atoms with Crippen LogP contribution >= 0.6 is 11.8 Å². The highest BCUT2D eigenvalue weighted by Gasteiger charge is 2.20. The zero-order valence-corrected chi connectivity index (χ0v) is 13.1. The molecule has 0 aromatic heterocycles. The van der Waals surface area contributed by atoms with E-state index in [9.17, 15) is 8.42 Å². The van der Waals surface area contributed by atoms with E-state index in [1.165, 1.54) is 24.9 Å². The largest absolute Gasteiger partial charge is 0.309 e. The molecule has 3 nitrogen and oxygen atoms in total. The molecule has 0 radical (unpaired) electrons. The second kappa shape index (κ2) is 6.29. The molecule has 0 bridgehead atoms. The second-order valence-electron chi connectivity index (χ2n) is 5.12. The molecule has 1 aliphatic rings. The summed E-state index contributed by atoms with van der Waals surface area (Å²) in [5.74, 6) is 1.27. The predicted molar refractivity (Wildman–Crippen MR) is 81.3 cm³/mol. The molecule has 0 saturated carbocycles. The van der Waals surface area contributed by atoms with Crippen LogP contribution in [0.25, 0.3) is 0 Å². The highest BCUT2D eigenvalue weighted by atomic mass is 32.2. The van der Waals surface area contributed by atoms with Crippen LogP contribution in [0.5, 0.6) is 0 Å². The van der Waals surface area contributed by atoms with Crippen LogP contribution in [0.3, 0.4) is 0 Å². The van der Waals surface area contributed by atoms with Crippen molar-refractivity contribution in [3.05, 3.63) is 29.8 Å². The number of thioether (sulfide) groups is 1. The van der Waals surface area contributed by atoms with Crippen molar-refractivity contribution in [2.24, 2.45) is 0 Å². The molecule has 1 heterocycles. The normalized spacial score (nSPS) is 24.3. The summed E-state index contributed by atoms with van der Waals surface area (Å²) in [6.45, 7) is 3.08. The van der Waals surface area contributed by atoms with Gasteiger partial charge in [0.25, 0.3) is 0 Å². The molecule has 1 N–H and O–H groups in total. The Balaban J connectivity index is 1.93. The molecule has 1 aromatic rings. The van der Waals surface area contributed by atoms with Crippen LogP contribution in [0.1, 0.15) is 25.3 Å². The van der Waals surface area contributed by atoms with Gasteiger partial charge in [-0.2, -0.15) is 11.8 Å². The Hall–Kier alpha value is -0.520. The summed E-state index contributed by atoms with van der Waals surface area (Å²) in [6.07, 6.45) is 3.75. The van der Waals surface area contributed by atoms with E-state index in [4.69, 9.17) is 0 Å². The van der Waals surface area contributed by atoms with E-state index in [1.807, 2.05) is 23.9 Å². The van der Waals surface area contributed by atoms with Crippen LogP contribution in [0.2, 0.25) is 0 Å². The molecule has 1 fully saturated rings. The van der Waals surface area contributed by atoms with E-state index in [2.05, 4.69) is 12.2 Å². The van der Waals surface area contributed by atoms with E-state index in [-0.39, 0.29) is 0 Å². The molecular weight excluding hydrogens is 278 g/mol. The summed E-state index contributed by atoms with van der Waals surface area (Å²) in [5.41, 5.74) is 1.13. The summed E-state index contributed by atoms with van der Waals surface area (Å²) in [5, 5.41) is 4.23. The van der Waals surface area contributed by atoms with Crippen molar-refractivity contribution < 1.29 is 8.42 Å². The molecule has 106 valence electrons. The minimum absolute atomic E-state index is 0.387. The molecule has 19 heavy (non-hydrogen) atoms. The van der Waals surface area contributed by atoms with Gasteiger partial charge in [-0.25, -0.2) is 8.42 Å². The average Bonchev–Trinajstić information content (AvgIpc) is 2.37. The smallest absolute Gasteiger partial charge is 0.175 e. The van der Waals surface area contributed by atoms with E-state index in [1.54, 1.807) is 12.1 Å². The maximum atomic E-state index is 11.4. The first kappa shape index (κ1) is 14.9. The predicted octanol–water partition coefficient (Wildman–Crippen LogP) is 2.46. The Kier molecular flexibility index (Phi) is 4.92. The number of benzene rings is 1. The lowest BCUT2D eigenvalue weighted by Gasteiger charge is -2.29. The van der Waals surface area contributed by atoms with Crippen molar-refractivity contribution in [2.75, 3.05) is 12.0 Å². The molecule has 2 unspecified atom stereocenters. The third-order valence-electron chi connectivity index (χ3n) is 3.53. The van der Waals surface area contributed by atoms with Gasteiger partial charge in [-0.1, -0.05) is 19.1 Å². The van der Waals surface area contributed by atoms with Gasteiger partial charge in [0, 0.05) is 24.1 Å². The summed E-state index contributed by atoms with van der Waals surface area (Å²) >= 11 is 2.03. The van der Waals surface area contributed by atoms with Crippen LogP contribution in [0, 0.1) is 0 Å². The van der Waals surface area contributed by atoms with Crippen molar-refractivity contribution >= 4 is 21.6 Å². The van der Waals surface area contributed by atoms with Crippen molar-refractivity contribution in [1.29, 1.82) is 0 Å². The van der Waals surface area contributed by atoms with Crippen LogP contribution < -0.4 is 5.32 Å². The molecule has 5 heteroatoms. The number of hydrogen-bond acceptors (Lipinski definition) is 4. The zero-order valence-electron chi connectivity index (χ0n) is 11.4. The van der Waals surface area contributed by atoms with Gasteiger partial charge in [0.2, 0.25) is 0 Å². The minimum Gasteiger partial charge on any atom is -0.309 e. The molecule has 1 saturated heterocycles.